The van der Waals surface area contributed by atoms with Crippen LogP contribution in [0.3, 0.4) is 0 Å². The first-order valence-corrected chi connectivity index (χ1v) is 14.0. The van der Waals surface area contributed by atoms with Crippen molar-refractivity contribution >= 4 is 15.7 Å². The maximum Gasteiger partial charge on any atom is 0.211 e. The molecule has 3 atom stereocenters. The zero-order valence-corrected chi connectivity index (χ0v) is 22.1. The van der Waals surface area contributed by atoms with Crippen molar-refractivity contribution in [2.24, 2.45) is 11.5 Å². The standard InChI is InChI=1S/C25H30F2N8O2S/c1-4-33-24(28)20-13-32(38(3,36)37)12-19(16-5-7-17(26)8-6-16)23(20)34(25(33)29)18-9-10-22(21(27)11-18)35-15(2)30-14-31-35/h5-11,14,19,24-25H,4,12-13,28-29H2,1-3H3. The largest absolute Gasteiger partial charge is 0.315 e. The van der Waals surface area contributed by atoms with Crippen molar-refractivity contribution < 1.29 is 17.2 Å². The molecule has 3 aromatic rings. The molecule has 0 bridgehead atoms. The van der Waals surface area contributed by atoms with Gasteiger partial charge in [0.15, 0.2) is 5.82 Å². The minimum Gasteiger partial charge on any atom is -0.315 e. The summed E-state index contributed by atoms with van der Waals surface area (Å²) in [5.41, 5.74) is 16.1. The lowest BCUT2D eigenvalue weighted by molar-refractivity contribution is 0.139. The molecule has 0 radical (unpaired) electrons. The average molecular weight is 545 g/mol. The van der Waals surface area contributed by atoms with Crippen LogP contribution in [0.4, 0.5) is 14.5 Å². The molecule has 13 heteroatoms. The number of nitrogens with two attached hydrogens (primary N) is 2. The van der Waals surface area contributed by atoms with Crippen LogP contribution in [-0.4, -0.2) is 70.7 Å². The maximum atomic E-state index is 15.5. The number of likely N-dealkylation sites (N-methyl/N-ethyl adjacent to an activating group) is 1. The second-order valence-electron chi connectivity index (χ2n) is 9.48. The van der Waals surface area contributed by atoms with Gasteiger partial charge in [-0.3, -0.25) is 10.6 Å². The third kappa shape index (κ3) is 4.50. The van der Waals surface area contributed by atoms with Gasteiger partial charge in [-0.25, -0.2) is 26.9 Å². The molecular weight excluding hydrogens is 514 g/mol. The fraction of sp³-hybridized carbons (Fsp3) is 0.360. The molecule has 2 aliphatic rings. The normalized spacial score (nSPS) is 23.1. The summed E-state index contributed by atoms with van der Waals surface area (Å²) < 4.78 is 57.4. The molecule has 0 aliphatic carbocycles. The Hall–Kier alpha value is -3.23. The Morgan fingerprint density at radius 1 is 1.11 bits per heavy atom. The summed E-state index contributed by atoms with van der Waals surface area (Å²) in [5.74, 6) is -0.935. The van der Waals surface area contributed by atoms with Crippen molar-refractivity contribution in [2.45, 2.75) is 32.2 Å². The minimum absolute atomic E-state index is 0.0610. The first-order valence-electron chi connectivity index (χ1n) is 12.2. The maximum absolute atomic E-state index is 15.5. The van der Waals surface area contributed by atoms with Gasteiger partial charge in [-0.1, -0.05) is 19.1 Å². The molecule has 10 nitrogen and oxygen atoms in total. The number of benzene rings is 2. The highest BCUT2D eigenvalue weighted by Crippen LogP contribution is 2.43. The number of aryl methyl sites for hydroxylation is 1. The molecule has 3 unspecified atom stereocenters. The number of nitrogens with zero attached hydrogens (tertiary/aromatic N) is 6. The predicted molar refractivity (Wildman–Crippen MR) is 139 cm³/mol. The summed E-state index contributed by atoms with van der Waals surface area (Å²) in [7, 11) is -3.58. The van der Waals surface area contributed by atoms with Crippen molar-refractivity contribution in [3.8, 4) is 5.69 Å². The van der Waals surface area contributed by atoms with Gasteiger partial charge in [0.1, 0.15) is 29.9 Å². The first kappa shape index (κ1) is 26.4. The number of hydrogen-bond donors (Lipinski definition) is 2. The Kier molecular flexibility index (Phi) is 6.82. The molecule has 2 aromatic carbocycles. The second-order valence-corrected chi connectivity index (χ2v) is 11.5. The third-order valence-electron chi connectivity index (χ3n) is 7.23. The summed E-state index contributed by atoms with van der Waals surface area (Å²) in [6.07, 6.45) is 1.06. The Bertz CT molecular complexity index is 1490. The summed E-state index contributed by atoms with van der Waals surface area (Å²) in [6.45, 7) is 4.25. The van der Waals surface area contributed by atoms with Gasteiger partial charge in [-0.05, 0) is 48.4 Å². The van der Waals surface area contributed by atoms with E-state index in [2.05, 4.69) is 10.1 Å². The monoisotopic (exact) mass is 544 g/mol. The van der Waals surface area contributed by atoms with Crippen LogP contribution < -0.4 is 16.4 Å². The van der Waals surface area contributed by atoms with E-state index < -0.39 is 40.0 Å². The van der Waals surface area contributed by atoms with Crippen LogP contribution in [0.25, 0.3) is 5.69 Å². The lowest BCUT2D eigenvalue weighted by Crippen LogP contribution is -2.67. The van der Waals surface area contributed by atoms with E-state index in [4.69, 9.17) is 11.5 Å². The highest BCUT2D eigenvalue weighted by Gasteiger charge is 2.45. The van der Waals surface area contributed by atoms with Gasteiger partial charge in [0, 0.05) is 36.9 Å². The van der Waals surface area contributed by atoms with Gasteiger partial charge in [-0.2, -0.15) is 9.40 Å². The number of hydrogen-bond acceptors (Lipinski definition) is 8. The van der Waals surface area contributed by atoms with Crippen LogP contribution in [0.2, 0.25) is 0 Å². The van der Waals surface area contributed by atoms with Crippen LogP contribution in [-0.2, 0) is 10.0 Å². The average Bonchev–Trinajstić information content (AvgIpc) is 3.29. The van der Waals surface area contributed by atoms with Gasteiger partial charge in [0.2, 0.25) is 10.0 Å². The van der Waals surface area contributed by atoms with Crippen molar-refractivity contribution in [3.05, 3.63) is 83.1 Å². The number of rotatable bonds is 5. The molecule has 0 spiro atoms. The Morgan fingerprint density at radius 2 is 1.82 bits per heavy atom. The minimum atomic E-state index is -3.58. The van der Waals surface area contributed by atoms with Crippen molar-refractivity contribution in [2.75, 3.05) is 30.8 Å². The molecule has 0 saturated carbocycles. The molecule has 4 N–H and O–H groups in total. The van der Waals surface area contributed by atoms with E-state index in [-0.39, 0.29) is 18.8 Å². The molecule has 202 valence electrons. The van der Waals surface area contributed by atoms with Crippen LogP contribution in [0.1, 0.15) is 24.2 Å². The Morgan fingerprint density at radius 3 is 2.39 bits per heavy atom. The highest BCUT2D eigenvalue weighted by atomic mass is 32.2. The molecule has 0 amide bonds. The molecule has 2 aliphatic heterocycles. The molecule has 5 rings (SSSR count). The van der Waals surface area contributed by atoms with E-state index >= 15 is 4.39 Å². The molecular formula is C25H30F2N8O2S. The number of anilines is 1. The first-order chi connectivity index (χ1) is 18.0. The van der Waals surface area contributed by atoms with E-state index in [9.17, 15) is 12.8 Å². The number of sulfonamides is 1. The van der Waals surface area contributed by atoms with E-state index in [0.717, 1.165) is 6.26 Å². The highest BCUT2D eigenvalue weighted by molar-refractivity contribution is 7.88. The quantitative estimate of drug-likeness (QED) is 0.498. The van der Waals surface area contributed by atoms with Gasteiger partial charge < -0.3 is 10.6 Å². The molecule has 38 heavy (non-hydrogen) atoms. The SMILES string of the molecule is CCN1C(N)C2=C(C(c3ccc(F)cc3)CN(S(C)(=O)=O)C2)N(c2ccc(-n3ncnc3C)c(F)c2)C1N. The van der Waals surface area contributed by atoms with Gasteiger partial charge in [-0.15, -0.1) is 0 Å². The predicted octanol–water partition coefficient (Wildman–Crippen LogP) is 1.84. The van der Waals surface area contributed by atoms with Crippen molar-refractivity contribution in [3.63, 3.8) is 0 Å². The summed E-state index contributed by atoms with van der Waals surface area (Å²) >= 11 is 0. The van der Waals surface area contributed by atoms with Crippen molar-refractivity contribution in [1.82, 2.24) is 24.0 Å². The van der Waals surface area contributed by atoms with E-state index in [1.54, 1.807) is 36.1 Å². The van der Waals surface area contributed by atoms with E-state index in [1.807, 2.05) is 11.8 Å². The summed E-state index contributed by atoms with van der Waals surface area (Å²) in [5, 5.41) is 4.10. The Labute approximate surface area is 220 Å². The fourth-order valence-electron chi connectivity index (χ4n) is 5.31. The second kappa shape index (κ2) is 9.82. The lowest BCUT2D eigenvalue weighted by Gasteiger charge is -2.52. The van der Waals surface area contributed by atoms with Crippen LogP contribution >= 0.6 is 0 Å². The van der Waals surface area contributed by atoms with Gasteiger partial charge in [0.25, 0.3) is 0 Å². The summed E-state index contributed by atoms with van der Waals surface area (Å²) in [6, 6.07) is 10.6. The molecule has 0 fully saturated rings. The zero-order valence-electron chi connectivity index (χ0n) is 21.3. The number of aromatic nitrogens is 3. The Balaban J connectivity index is 1.70. The molecule has 1 aromatic heterocycles. The van der Waals surface area contributed by atoms with Gasteiger partial charge in [0.05, 0.1) is 12.4 Å². The van der Waals surface area contributed by atoms with Crippen LogP contribution in [0.5, 0.6) is 0 Å². The molecule has 3 heterocycles. The third-order valence-corrected chi connectivity index (χ3v) is 8.45. The number of halogens is 2. The van der Waals surface area contributed by atoms with E-state index in [0.29, 0.717) is 34.9 Å². The van der Waals surface area contributed by atoms with Crippen LogP contribution in [0.15, 0.2) is 60.1 Å². The smallest absolute Gasteiger partial charge is 0.211 e. The zero-order chi connectivity index (χ0) is 27.4. The molecule has 0 saturated heterocycles. The fourth-order valence-corrected chi connectivity index (χ4v) is 6.11. The van der Waals surface area contributed by atoms with E-state index in [1.165, 1.54) is 33.5 Å². The topological polar surface area (TPSA) is 127 Å². The van der Waals surface area contributed by atoms with Crippen LogP contribution in [0, 0.1) is 18.6 Å². The summed E-state index contributed by atoms with van der Waals surface area (Å²) in [4.78, 5) is 7.69. The van der Waals surface area contributed by atoms with Gasteiger partial charge >= 0.3 is 0 Å². The lowest BCUT2D eigenvalue weighted by atomic mass is 9.86. The van der Waals surface area contributed by atoms with Crippen molar-refractivity contribution in [1.29, 1.82) is 0 Å².